The van der Waals surface area contributed by atoms with Crippen LogP contribution in [0.3, 0.4) is 0 Å². The van der Waals surface area contributed by atoms with Crippen molar-refractivity contribution in [2.24, 2.45) is 5.92 Å². The molecule has 0 bridgehead atoms. The third-order valence-corrected chi connectivity index (χ3v) is 7.28. The van der Waals surface area contributed by atoms with Gasteiger partial charge < -0.3 is 25.0 Å². The molecule has 1 saturated heterocycles. The van der Waals surface area contributed by atoms with Crippen molar-refractivity contribution in [1.29, 1.82) is 0 Å². The van der Waals surface area contributed by atoms with E-state index in [9.17, 15) is 13.2 Å². The second-order valence-corrected chi connectivity index (χ2v) is 17.2. The fourth-order valence-electron chi connectivity index (χ4n) is 4.23. The topological polar surface area (TPSA) is 134 Å². The van der Waals surface area contributed by atoms with E-state index in [1.807, 2.05) is 64.1 Å². The maximum atomic E-state index is 10.6. The number of hydrogen-bond donors (Lipinski definition) is 3. The summed E-state index contributed by atoms with van der Waals surface area (Å²) in [5.41, 5.74) is 4.32. The molecule has 0 aromatic heterocycles. The summed E-state index contributed by atoms with van der Waals surface area (Å²) in [6.07, 6.45) is 2.31. The maximum Gasteiger partial charge on any atom is 0.264 e. The van der Waals surface area contributed by atoms with E-state index in [4.69, 9.17) is 19.7 Å². The van der Waals surface area contributed by atoms with Gasteiger partial charge in [0.25, 0.3) is 10.1 Å². The molecule has 0 saturated carbocycles. The van der Waals surface area contributed by atoms with Crippen molar-refractivity contribution in [3.05, 3.63) is 77.9 Å². The lowest BCUT2D eigenvalue weighted by atomic mass is 9.94. The fraction of sp³-hybridized carbons (Fsp3) is 0.575. The van der Waals surface area contributed by atoms with Crippen LogP contribution in [-0.2, 0) is 19.1 Å². The van der Waals surface area contributed by atoms with E-state index in [1.54, 1.807) is 20.8 Å². The summed E-state index contributed by atoms with van der Waals surface area (Å²) in [6.45, 7) is 30.6. The van der Waals surface area contributed by atoms with Crippen LogP contribution in [0.1, 0.15) is 94.2 Å². The highest BCUT2D eigenvalue weighted by atomic mass is 32.2. The number of carbonyl (C=O) groups excluding carboxylic acids is 1. The van der Waals surface area contributed by atoms with Crippen LogP contribution < -0.4 is 14.8 Å². The first kappa shape index (κ1) is 47.8. The van der Waals surface area contributed by atoms with Crippen LogP contribution >= 0.6 is 0 Å². The molecule has 1 aliphatic rings. The lowest BCUT2D eigenvalue weighted by molar-refractivity contribution is -0.117. The lowest BCUT2D eigenvalue weighted by Gasteiger charge is -2.18. The average molecular weight is 735 g/mol. The Labute approximate surface area is 309 Å². The summed E-state index contributed by atoms with van der Waals surface area (Å²) in [5.74, 6) is 1.55. The summed E-state index contributed by atoms with van der Waals surface area (Å²) in [6, 6.07) is 15.9. The van der Waals surface area contributed by atoms with E-state index in [1.165, 1.54) is 30.3 Å². The van der Waals surface area contributed by atoms with Crippen molar-refractivity contribution < 1.29 is 37.1 Å². The summed E-state index contributed by atoms with van der Waals surface area (Å²) >= 11 is 0. The van der Waals surface area contributed by atoms with Gasteiger partial charge in [0, 0.05) is 36.7 Å². The first-order valence-electron chi connectivity index (χ1n) is 17.3. The summed E-state index contributed by atoms with van der Waals surface area (Å²) < 4.78 is 36.6. The molecular weight excluding hydrogens is 669 g/mol. The van der Waals surface area contributed by atoms with Gasteiger partial charge in [0.2, 0.25) is 5.91 Å². The number of ether oxygens (including phenoxy) is 2. The van der Waals surface area contributed by atoms with Gasteiger partial charge in [-0.2, -0.15) is 8.42 Å². The van der Waals surface area contributed by atoms with E-state index in [0.29, 0.717) is 18.8 Å². The molecular formula is C40H66N2O8S. The van der Waals surface area contributed by atoms with Crippen LogP contribution in [0.25, 0.3) is 5.57 Å². The Morgan fingerprint density at radius 3 is 1.57 bits per heavy atom. The minimum absolute atomic E-state index is 0.00642. The van der Waals surface area contributed by atoms with Crippen LogP contribution in [-0.4, -0.2) is 91.9 Å². The lowest BCUT2D eigenvalue weighted by Crippen LogP contribution is -2.39. The van der Waals surface area contributed by atoms with Crippen LogP contribution in [0.4, 0.5) is 0 Å². The van der Waals surface area contributed by atoms with E-state index in [2.05, 4.69) is 67.7 Å². The molecule has 0 aliphatic carbocycles. The van der Waals surface area contributed by atoms with Crippen LogP contribution in [0.2, 0.25) is 0 Å². The van der Waals surface area contributed by atoms with Gasteiger partial charge in [-0.15, -0.1) is 0 Å². The molecule has 1 unspecified atom stereocenters. The number of rotatable bonds is 11. The Balaban J connectivity index is 0.000000810. The highest BCUT2D eigenvalue weighted by Crippen LogP contribution is 2.29. The standard InChI is InChI=1S/C22H28O4.C7H13NO.C6H13N.C5H12O3S/c1-16(2)22(18-4-8-20(9-5-18)25-13-12-23)19-6-10-21(11-7-19)26-15-17(3)14-24;1-5-6(9)8-7(2,3)4;1-6(2,3)7-4-5-7;1-5(2,3)8-9(4,6)7/h4-11,17,23-24H,12-15H2,1-3H3;5H,1H2,2-4H3,(H,8,9);4-5H2,1-3H3;1-4H3. The molecule has 1 atom stereocenters. The van der Waals surface area contributed by atoms with Crippen molar-refractivity contribution in [1.82, 2.24) is 10.2 Å². The van der Waals surface area contributed by atoms with Crippen LogP contribution in [0.5, 0.6) is 11.5 Å². The number of aliphatic hydroxyl groups excluding tert-OH is 2. The number of allylic oxidation sites excluding steroid dienone is 1. The third-order valence-electron chi connectivity index (χ3n) is 6.47. The van der Waals surface area contributed by atoms with E-state index < -0.39 is 15.7 Å². The minimum Gasteiger partial charge on any atom is -0.493 e. The molecule has 0 radical (unpaired) electrons. The first-order valence-corrected chi connectivity index (χ1v) is 19.1. The Hall–Kier alpha value is -3.22. The number of aliphatic hydroxyl groups is 2. The Morgan fingerprint density at radius 1 is 0.882 bits per heavy atom. The number of benzene rings is 2. The highest BCUT2D eigenvalue weighted by molar-refractivity contribution is 7.86. The zero-order valence-corrected chi connectivity index (χ0v) is 34.2. The van der Waals surface area contributed by atoms with Crippen LogP contribution in [0.15, 0.2) is 66.8 Å². The van der Waals surface area contributed by atoms with Gasteiger partial charge in [-0.25, -0.2) is 0 Å². The predicted octanol–water partition coefficient (Wildman–Crippen LogP) is 6.86. The van der Waals surface area contributed by atoms with Gasteiger partial charge in [0.1, 0.15) is 18.1 Å². The fourth-order valence-corrected chi connectivity index (χ4v) is 5.14. The van der Waals surface area contributed by atoms with Crippen molar-refractivity contribution in [2.75, 3.05) is 45.8 Å². The predicted molar refractivity (Wildman–Crippen MR) is 210 cm³/mol. The number of hydrogen-bond acceptors (Lipinski definition) is 9. The van der Waals surface area contributed by atoms with Gasteiger partial charge >= 0.3 is 0 Å². The third kappa shape index (κ3) is 24.6. The summed E-state index contributed by atoms with van der Waals surface area (Å²) in [4.78, 5) is 13.0. The number of amides is 1. The van der Waals surface area contributed by atoms with E-state index >= 15 is 0 Å². The van der Waals surface area contributed by atoms with E-state index in [-0.39, 0.29) is 30.6 Å². The summed E-state index contributed by atoms with van der Waals surface area (Å²) in [7, 11) is -3.28. The quantitative estimate of drug-likeness (QED) is 0.129. The van der Waals surface area contributed by atoms with Crippen molar-refractivity contribution in [3.8, 4) is 11.5 Å². The van der Waals surface area contributed by atoms with Gasteiger partial charge in [-0.3, -0.25) is 13.9 Å². The molecule has 2 aromatic rings. The van der Waals surface area contributed by atoms with Gasteiger partial charge in [0.15, 0.2) is 0 Å². The smallest absolute Gasteiger partial charge is 0.264 e. The molecule has 1 amide bonds. The minimum atomic E-state index is -3.28. The van der Waals surface area contributed by atoms with Crippen molar-refractivity contribution >= 4 is 21.6 Å². The SMILES string of the molecule is C=CC(=O)NC(C)(C)C.CC(C)(C)N1CC1.CC(C)(C)OS(C)(=O)=O.CC(C)=C(c1ccc(OCCO)cc1)c1ccc(OCC(C)CO)cc1. The Kier molecular flexibility index (Phi) is 20.6. The largest absolute Gasteiger partial charge is 0.493 e. The molecule has 0 spiro atoms. The Morgan fingerprint density at radius 2 is 1.33 bits per heavy atom. The molecule has 10 nitrogen and oxygen atoms in total. The van der Waals surface area contributed by atoms with Crippen molar-refractivity contribution in [3.63, 3.8) is 0 Å². The van der Waals surface area contributed by atoms with Gasteiger partial charge in [-0.05, 0) is 123 Å². The molecule has 51 heavy (non-hydrogen) atoms. The first-order chi connectivity index (χ1) is 23.3. The number of carbonyl (C=O) groups is 1. The molecule has 3 rings (SSSR count). The second-order valence-electron chi connectivity index (χ2n) is 15.6. The zero-order valence-electron chi connectivity index (χ0n) is 33.4. The van der Waals surface area contributed by atoms with E-state index in [0.717, 1.165) is 28.9 Å². The molecule has 3 N–H and O–H groups in total. The molecule has 11 heteroatoms. The molecule has 290 valence electrons. The zero-order chi connectivity index (χ0) is 39.6. The molecule has 2 aromatic carbocycles. The van der Waals surface area contributed by atoms with Gasteiger partial charge in [0.05, 0.1) is 25.1 Å². The van der Waals surface area contributed by atoms with Gasteiger partial charge in [-0.1, -0.05) is 43.3 Å². The molecule has 1 aliphatic heterocycles. The molecule has 1 fully saturated rings. The normalized spacial score (nSPS) is 13.4. The average Bonchev–Trinajstić information content (AvgIpc) is 3.85. The maximum absolute atomic E-state index is 10.6. The summed E-state index contributed by atoms with van der Waals surface area (Å²) in [5, 5.41) is 20.6. The van der Waals surface area contributed by atoms with Crippen LogP contribution in [0, 0.1) is 5.92 Å². The Bertz CT molecular complexity index is 1440. The monoisotopic (exact) mass is 734 g/mol. The second kappa shape index (κ2) is 22.0. The highest BCUT2D eigenvalue weighted by Gasteiger charge is 2.29. The molecule has 1 heterocycles. The number of nitrogens with one attached hydrogen (secondary N) is 1. The van der Waals surface area contributed by atoms with Crippen molar-refractivity contribution in [2.45, 2.75) is 99.8 Å². The number of nitrogens with zero attached hydrogens (tertiary/aromatic N) is 1.